The van der Waals surface area contributed by atoms with Crippen LogP contribution in [-0.4, -0.2) is 5.60 Å². The van der Waals surface area contributed by atoms with Gasteiger partial charge in [0.1, 0.15) is 17.2 Å². The SMILES string of the molecule is CC1(C)Oc2ccccc2C1Nc1c(F)cc(F)cc1Cl. The Morgan fingerprint density at radius 1 is 1.19 bits per heavy atom. The molecule has 2 aromatic carbocycles. The van der Waals surface area contributed by atoms with Gasteiger partial charge in [0.05, 0.1) is 16.8 Å². The molecule has 110 valence electrons. The van der Waals surface area contributed by atoms with E-state index in [0.717, 1.165) is 23.4 Å². The molecule has 0 amide bonds. The number of fused-ring (bicyclic) bond motifs is 1. The van der Waals surface area contributed by atoms with Crippen molar-refractivity contribution in [3.8, 4) is 5.75 Å². The van der Waals surface area contributed by atoms with Crippen molar-refractivity contribution in [3.63, 3.8) is 0 Å². The Morgan fingerprint density at radius 2 is 1.90 bits per heavy atom. The molecule has 1 aliphatic rings. The largest absolute Gasteiger partial charge is 0.485 e. The highest BCUT2D eigenvalue weighted by atomic mass is 35.5. The molecule has 2 aromatic rings. The maximum absolute atomic E-state index is 14.0. The van der Waals surface area contributed by atoms with E-state index < -0.39 is 17.2 Å². The molecule has 3 rings (SSSR count). The summed E-state index contributed by atoms with van der Waals surface area (Å²) in [6, 6.07) is 9.15. The molecule has 1 unspecified atom stereocenters. The Kier molecular flexibility index (Phi) is 3.29. The van der Waals surface area contributed by atoms with Gasteiger partial charge in [0, 0.05) is 11.6 Å². The van der Waals surface area contributed by atoms with Gasteiger partial charge >= 0.3 is 0 Å². The van der Waals surface area contributed by atoms with Crippen molar-refractivity contribution in [2.75, 3.05) is 5.32 Å². The second-order valence-corrected chi connectivity index (χ2v) is 5.97. The average molecular weight is 310 g/mol. The van der Waals surface area contributed by atoms with E-state index >= 15 is 0 Å². The number of nitrogens with one attached hydrogen (secondary N) is 1. The van der Waals surface area contributed by atoms with Crippen molar-refractivity contribution in [2.24, 2.45) is 0 Å². The topological polar surface area (TPSA) is 21.3 Å². The van der Waals surface area contributed by atoms with E-state index in [-0.39, 0.29) is 16.8 Å². The Bertz CT molecular complexity index is 679. The lowest BCUT2D eigenvalue weighted by atomic mass is 9.94. The molecule has 2 nitrogen and oxygen atoms in total. The molecule has 0 aromatic heterocycles. The summed E-state index contributed by atoms with van der Waals surface area (Å²) in [6.45, 7) is 3.81. The minimum atomic E-state index is -0.722. The molecule has 0 saturated heterocycles. The number of rotatable bonds is 2. The monoisotopic (exact) mass is 309 g/mol. The van der Waals surface area contributed by atoms with Crippen LogP contribution in [0.1, 0.15) is 25.5 Å². The van der Waals surface area contributed by atoms with Crippen LogP contribution >= 0.6 is 11.6 Å². The predicted molar refractivity (Wildman–Crippen MR) is 78.9 cm³/mol. The third-order valence-corrected chi connectivity index (χ3v) is 3.89. The second-order valence-electron chi connectivity index (χ2n) is 5.57. The standard InChI is InChI=1S/C16H14ClF2NO/c1-16(2)15(10-5-3-4-6-13(10)21-16)20-14-11(17)7-9(18)8-12(14)19/h3-8,15,20H,1-2H3. The number of anilines is 1. The summed E-state index contributed by atoms with van der Waals surface area (Å²) in [5.74, 6) is -0.677. The summed E-state index contributed by atoms with van der Waals surface area (Å²) in [7, 11) is 0. The van der Waals surface area contributed by atoms with Crippen molar-refractivity contribution in [3.05, 3.63) is 58.6 Å². The van der Waals surface area contributed by atoms with Crippen LogP contribution in [0.25, 0.3) is 0 Å². The third kappa shape index (κ3) is 2.44. The molecular formula is C16H14ClF2NO. The zero-order valence-corrected chi connectivity index (χ0v) is 12.3. The number of ether oxygens (including phenoxy) is 1. The van der Waals surface area contributed by atoms with Crippen LogP contribution in [0.2, 0.25) is 5.02 Å². The van der Waals surface area contributed by atoms with E-state index in [2.05, 4.69) is 5.32 Å². The van der Waals surface area contributed by atoms with Gasteiger partial charge in [-0.2, -0.15) is 0 Å². The van der Waals surface area contributed by atoms with Crippen LogP contribution < -0.4 is 10.1 Å². The van der Waals surface area contributed by atoms with Gasteiger partial charge in [-0.3, -0.25) is 0 Å². The Labute approximate surface area is 126 Å². The van der Waals surface area contributed by atoms with Gasteiger partial charge < -0.3 is 10.1 Å². The molecule has 0 aliphatic carbocycles. The maximum Gasteiger partial charge on any atom is 0.150 e. The minimum Gasteiger partial charge on any atom is -0.485 e. The lowest BCUT2D eigenvalue weighted by molar-refractivity contribution is 0.118. The molecule has 5 heteroatoms. The van der Waals surface area contributed by atoms with E-state index in [0.29, 0.717) is 0 Å². The fraction of sp³-hybridized carbons (Fsp3) is 0.250. The second kappa shape index (κ2) is 4.88. The summed E-state index contributed by atoms with van der Waals surface area (Å²) in [5, 5.41) is 3.06. The van der Waals surface area contributed by atoms with Crippen molar-refractivity contribution < 1.29 is 13.5 Å². The smallest absolute Gasteiger partial charge is 0.150 e. The fourth-order valence-corrected chi connectivity index (χ4v) is 2.85. The molecule has 1 atom stereocenters. The van der Waals surface area contributed by atoms with E-state index in [1.807, 2.05) is 38.1 Å². The molecule has 1 N–H and O–H groups in total. The molecule has 0 spiro atoms. The Hall–Kier alpha value is -1.81. The Morgan fingerprint density at radius 3 is 2.62 bits per heavy atom. The molecule has 0 saturated carbocycles. The zero-order valence-electron chi connectivity index (χ0n) is 11.6. The predicted octanol–water partition coefficient (Wildman–Crippen LogP) is 4.94. The summed E-state index contributed by atoms with van der Waals surface area (Å²) in [5.41, 5.74) is 0.423. The van der Waals surface area contributed by atoms with Gasteiger partial charge in [-0.05, 0) is 26.0 Å². The molecule has 1 heterocycles. The highest BCUT2D eigenvalue weighted by molar-refractivity contribution is 6.33. The molecule has 0 fully saturated rings. The van der Waals surface area contributed by atoms with Gasteiger partial charge in [0.15, 0.2) is 5.82 Å². The van der Waals surface area contributed by atoms with Crippen LogP contribution in [0.4, 0.5) is 14.5 Å². The molecular weight excluding hydrogens is 296 g/mol. The van der Waals surface area contributed by atoms with Gasteiger partial charge in [0.2, 0.25) is 0 Å². The first-order valence-corrected chi connectivity index (χ1v) is 6.95. The summed E-state index contributed by atoms with van der Waals surface area (Å²) in [4.78, 5) is 0. The van der Waals surface area contributed by atoms with Gasteiger partial charge in [-0.25, -0.2) is 8.78 Å². The molecule has 0 radical (unpaired) electrons. The molecule has 1 aliphatic heterocycles. The fourth-order valence-electron chi connectivity index (χ4n) is 2.60. The van der Waals surface area contributed by atoms with Gasteiger partial charge in [-0.1, -0.05) is 29.8 Å². The summed E-state index contributed by atoms with van der Waals surface area (Å²) in [6.07, 6.45) is 0. The Balaban J connectivity index is 2.02. The quantitative estimate of drug-likeness (QED) is 0.848. The molecule has 21 heavy (non-hydrogen) atoms. The average Bonchev–Trinajstić information content (AvgIpc) is 2.63. The third-order valence-electron chi connectivity index (χ3n) is 3.59. The van der Waals surface area contributed by atoms with Crippen molar-refractivity contribution in [2.45, 2.75) is 25.5 Å². The highest BCUT2D eigenvalue weighted by Gasteiger charge is 2.41. The van der Waals surface area contributed by atoms with Crippen LogP contribution in [0, 0.1) is 11.6 Å². The lowest BCUT2D eigenvalue weighted by Gasteiger charge is -2.28. The number of halogens is 3. The first kappa shape index (κ1) is 14.1. The van der Waals surface area contributed by atoms with Crippen molar-refractivity contribution in [1.29, 1.82) is 0 Å². The zero-order chi connectivity index (χ0) is 15.2. The normalized spacial score (nSPS) is 19.0. The van der Waals surface area contributed by atoms with Crippen molar-refractivity contribution >= 4 is 17.3 Å². The molecule has 0 bridgehead atoms. The van der Waals surface area contributed by atoms with Gasteiger partial charge in [0.25, 0.3) is 0 Å². The van der Waals surface area contributed by atoms with Crippen molar-refractivity contribution in [1.82, 2.24) is 0 Å². The number of benzene rings is 2. The van der Waals surface area contributed by atoms with Gasteiger partial charge in [-0.15, -0.1) is 0 Å². The lowest BCUT2D eigenvalue weighted by Crippen LogP contribution is -2.35. The highest BCUT2D eigenvalue weighted by Crippen LogP contribution is 2.45. The van der Waals surface area contributed by atoms with Crippen LogP contribution in [0.3, 0.4) is 0 Å². The first-order chi connectivity index (χ1) is 9.88. The maximum atomic E-state index is 14.0. The van der Waals surface area contributed by atoms with Crippen LogP contribution in [0.15, 0.2) is 36.4 Å². The summed E-state index contributed by atoms with van der Waals surface area (Å²) >= 11 is 5.95. The van der Waals surface area contributed by atoms with Crippen LogP contribution in [0.5, 0.6) is 5.75 Å². The van der Waals surface area contributed by atoms with E-state index in [9.17, 15) is 8.78 Å². The summed E-state index contributed by atoms with van der Waals surface area (Å²) < 4.78 is 33.0. The van der Waals surface area contributed by atoms with E-state index in [1.165, 1.54) is 0 Å². The van der Waals surface area contributed by atoms with E-state index in [4.69, 9.17) is 16.3 Å². The first-order valence-electron chi connectivity index (χ1n) is 6.57. The minimum absolute atomic E-state index is 0.00711. The number of para-hydroxylation sites is 1. The number of hydrogen-bond donors (Lipinski definition) is 1. The van der Waals surface area contributed by atoms with E-state index in [1.54, 1.807) is 0 Å². The number of hydrogen-bond acceptors (Lipinski definition) is 2. The van der Waals surface area contributed by atoms with Crippen LogP contribution in [-0.2, 0) is 0 Å².